The first-order valence-corrected chi connectivity index (χ1v) is 4.41. The van der Waals surface area contributed by atoms with E-state index in [-0.39, 0.29) is 0 Å². The number of hydrogen-bond acceptors (Lipinski definition) is 2. The van der Waals surface area contributed by atoms with Crippen LogP contribution in [0.3, 0.4) is 0 Å². The molecule has 0 N–H and O–H groups in total. The topological polar surface area (TPSA) is 9.23 Å². The summed E-state index contributed by atoms with van der Waals surface area (Å²) in [5, 5.41) is 0. The summed E-state index contributed by atoms with van der Waals surface area (Å²) in [6.07, 6.45) is 1.06. The Hall–Kier alpha value is -0.470. The number of aryl methyl sites for hydroxylation is 1. The lowest BCUT2D eigenvalue weighted by atomic mass is 10.2. The molecule has 0 aliphatic carbocycles. The van der Waals surface area contributed by atoms with E-state index < -0.39 is 0 Å². The summed E-state index contributed by atoms with van der Waals surface area (Å²) in [6.45, 7) is 2.15. The zero-order chi connectivity index (χ0) is 8.10. The predicted molar refractivity (Wildman–Crippen MR) is 48.7 cm³/mol. The third kappa shape index (κ3) is 2.24. The molecule has 0 saturated carbocycles. The minimum atomic E-state index is 1.06. The normalized spacial score (nSPS) is 10.0. The molecule has 1 aromatic carbocycles. The predicted octanol–water partition coefficient (Wildman–Crippen LogP) is 2.90. The van der Waals surface area contributed by atoms with Gasteiger partial charge in [-0.05, 0) is 18.1 Å². The second-order valence-electron chi connectivity index (χ2n) is 2.21. The van der Waals surface area contributed by atoms with Crippen LogP contribution in [0.4, 0.5) is 0 Å². The van der Waals surface area contributed by atoms with Crippen molar-refractivity contribution in [2.45, 2.75) is 18.2 Å². The highest BCUT2D eigenvalue weighted by atomic mass is 32.2. The van der Waals surface area contributed by atoms with Crippen LogP contribution in [0, 0.1) is 0 Å². The van der Waals surface area contributed by atoms with Gasteiger partial charge < -0.3 is 4.18 Å². The van der Waals surface area contributed by atoms with Crippen LogP contribution in [0.1, 0.15) is 12.5 Å². The molecule has 0 heterocycles. The molecule has 0 saturated heterocycles. The zero-order valence-corrected chi connectivity index (χ0v) is 7.65. The SMILES string of the molecule is CCc1ccccc1SOC. The van der Waals surface area contributed by atoms with Crippen LogP contribution in [-0.2, 0) is 10.6 Å². The molecule has 0 fully saturated rings. The van der Waals surface area contributed by atoms with Crippen molar-refractivity contribution in [3.63, 3.8) is 0 Å². The molecule has 0 radical (unpaired) electrons. The van der Waals surface area contributed by atoms with E-state index in [9.17, 15) is 0 Å². The van der Waals surface area contributed by atoms with Gasteiger partial charge in [-0.1, -0.05) is 25.1 Å². The maximum Gasteiger partial charge on any atom is 0.0508 e. The highest BCUT2D eigenvalue weighted by Gasteiger charge is 1.98. The van der Waals surface area contributed by atoms with Gasteiger partial charge in [0.1, 0.15) is 0 Å². The van der Waals surface area contributed by atoms with Crippen LogP contribution in [0.5, 0.6) is 0 Å². The fourth-order valence-electron chi connectivity index (χ4n) is 0.967. The molecule has 0 spiro atoms. The molecular weight excluding hydrogens is 156 g/mol. The van der Waals surface area contributed by atoms with Gasteiger partial charge in [-0.15, -0.1) is 0 Å². The van der Waals surface area contributed by atoms with Crippen molar-refractivity contribution < 1.29 is 4.18 Å². The van der Waals surface area contributed by atoms with Crippen LogP contribution in [0.25, 0.3) is 0 Å². The smallest absolute Gasteiger partial charge is 0.0508 e. The maximum atomic E-state index is 4.99. The van der Waals surface area contributed by atoms with Crippen molar-refractivity contribution in [2.75, 3.05) is 7.11 Å². The first-order valence-electron chi connectivity index (χ1n) is 3.67. The Bertz CT molecular complexity index is 223. The third-order valence-corrected chi connectivity index (χ3v) is 2.27. The number of rotatable bonds is 3. The average Bonchev–Trinajstić information content (AvgIpc) is 2.06. The molecule has 1 aromatic rings. The van der Waals surface area contributed by atoms with Gasteiger partial charge in [-0.3, -0.25) is 0 Å². The zero-order valence-electron chi connectivity index (χ0n) is 6.83. The summed E-state index contributed by atoms with van der Waals surface area (Å²) in [6, 6.07) is 8.29. The molecule has 0 aliphatic rings. The second-order valence-corrected chi connectivity index (χ2v) is 3.15. The van der Waals surface area contributed by atoms with Crippen LogP contribution in [0.15, 0.2) is 29.2 Å². The number of hydrogen-bond donors (Lipinski definition) is 0. The van der Waals surface area contributed by atoms with Gasteiger partial charge in [0.25, 0.3) is 0 Å². The fourth-order valence-corrected chi connectivity index (χ4v) is 1.60. The molecule has 0 unspecified atom stereocenters. The molecule has 0 atom stereocenters. The lowest BCUT2D eigenvalue weighted by Gasteiger charge is -2.03. The fraction of sp³-hybridized carbons (Fsp3) is 0.333. The molecule has 1 nitrogen and oxygen atoms in total. The van der Waals surface area contributed by atoms with Crippen molar-refractivity contribution in [3.8, 4) is 0 Å². The van der Waals surface area contributed by atoms with Crippen LogP contribution in [0.2, 0.25) is 0 Å². The summed E-state index contributed by atoms with van der Waals surface area (Å²) < 4.78 is 4.99. The molecule has 0 aromatic heterocycles. The van der Waals surface area contributed by atoms with Gasteiger partial charge in [0.05, 0.1) is 7.11 Å². The van der Waals surface area contributed by atoms with Gasteiger partial charge in [0.15, 0.2) is 0 Å². The molecule has 0 amide bonds. The monoisotopic (exact) mass is 168 g/mol. The van der Waals surface area contributed by atoms with Crippen molar-refractivity contribution in [1.29, 1.82) is 0 Å². The maximum absolute atomic E-state index is 4.99. The Morgan fingerprint density at radius 1 is 1.36 bits per heavy atom. The third-order valence-electron chi connectivity index (χ3n) is 1.53. The summed E-state index contributed by atoms with van der Waals surface area (Å²) in [7, 11) is 1.69. The van der Waals surface area contributed by atoms with Crippen LogP contribution < -0.4 is 0 Å². The minimum Gasteiger partial charge on any atom is -0.314 e. The second kappa shape index (κ2) is 4.42. The van der Waals surface area contributed by atoms with E-state index >= 15 is 0 Å². The van der Waals surface area contributed by atoms with Gasteiger partial charge in [-0.2, -0.15) is 0 Å². The van der Waals surface area contributed by atoms with Crippen molar-refractivity contribution in [2.24, 2.45) is 0 Å². The molecule has 11 heavy (non-hydrogen) atoms. The van der Waals surface area contributed by atoms with E-state index in [0.717, 1.165) is 6.42 Å². The summed E-state index contributed by atoms with van der Waals surface area (Å²) in [4.78, 5) is 1.22. The summed E-state index contributed by atoms with van der Waals surface area (Å²) >= 11 is 1.43. The summed E-state index contributed by atoms with van der Waals surface area (Å²) in [5.74, 6) is 0. The quantitative estimate of drug-likeness (QED) is 0.642. The highest BCUT2D eigenvalue weighted by molar-refractivity contribution is 7.94. The van der Waals surface area contributed by atoms with E-state index in [1.165, 1.54) is 22.5 Å². The highest BCUT2D eigenvalue weighted by Crippen LogP contribution is 2.22. The molecule has 0 bridgehead atoms. The van der Waals surface area contributed by atoms with E-state index in [2.05, 4.69) is 25.1 Å². The minimum absolute atomic E-state index is 1.06. The van der Waals surface area contributed by atoms with Crippen molar-refractivity contribution in [3.05, 3.63) is 29.8 Å². The Morgan fingerprint density at radius 2 is 2.09 bits per heavy atom. The van der Waals surface area contributed by atoms with Gasteiger partial charge in [-0.25, -0.2) is 0 Å². The lowest BCUT2D eigenvalue weighted by Crippen LogP contribution is -1.83. The van der Waals surface area contributed by atoms with E-state index in [1.54, 1.807) is 7.11 Å². The van der Waals surface area contributed by atoms with Gasteiger partial charge in [0, 0.05) is 16.9 Å². The Kier molecular flexibility index (Phi) is 3.46. The standard InChI is InChI=1S/C9H12OS/c1-3-8-6-4-5-7-9(8)11-10-2/h4-7H,3H2,1-2H3. The summed E-state index contributed by atoms with van der Waals surface area (Å²) in [5.41, 5.74) is 1.35. The van der Waals surface area contributed by atoms with Gasteiger partial charge in [0.2, 0.25) is 0 Å². The van der Waals surface area contributed by atoms with Crippen LogP contribution in [-0.4, -0.2) is 7.11 Å². The molecular formula is C9H12OS. The molecule has 2 heteroatoms. The molecule has 60 valence electrons. The first kappa shape index (κ1) is 8.62. The van der Waals surface area contributed by atoms with Gasteiger partial charge >= 0.3 is 0 Å². The average molecular weight is 168 g/mol. The molecule has 1 rings (SSSR count). The van der Waals surface area contributed by atoms with Crippen LogP contribution >= 0.6 is 12.0 Å². The largest absolute Gasteiger partial charge is 0.314 e. The Labute approximate surface area is 72.0 Å². The lowest BCUT2D eigenvalue weighted by molar-refractivity contribution is 0.489. The Balaban J connectivity index is 2.83. The van der Waals surface area contributed by atoms with E-state index in [0.29, 0.717) is 0 Å². The molecule has 0 aliphatic heterocycles. The van der Waals surface area contributed by atoms with Crippen molar-refractivity contribution >= 4 is 12.0 Å². The Morgan fingerprint density at radius 3 is 2.73 bits per heavy atom. The van der Waals surface area contributed by atoms with Crippen molar-refractivity contribution in [1.82, 2.24) is 0 Å². The van der Waals surface area contributed by atoms with E-state index in [1.807, 2.05) is 6.07 Å². The van der Waals surface area contributed by atoms with E-state index in [4.69, 9.17) is 4.18 Å². The first-order chi connectivity index (χ1) is 5.38. The number of benzene rings is 1.